The number of nitrogens with zero attached hydrogens (tertiary/aromatic N) is 1. The van der Waals surface area contributed by atoms with Crippen molar-refractivity contribution in [2.45, 2.75) is 12.8 Å². The van der Waals surface area contributed by atoms with Gasteiger partial charge in [0, 0.05) is 12.5 Å². The normalized spacial score (nSPS) is 12.4. The third-order valence-corrected chi connectivity index (χ3v) is 2.70. The van der Waals surface area contributed by atoms with Crippen LogP contribution in [-0.2, 0) is 0 Å². The van der Waals surface area contributed by atoms with Gasteiger partial charge < -0.3 is 14.9 Å². The monoisotopic (exact) mass is 232 g/mol. The highest BCUT2D eigenvalue weighted by atomic mass is 16.5. The molecule has 1 heterocycles. The van der Waals surface area contributed by atoms with Crippen LogP contribution in [0.1, 0.15) is 18.6 Å². The van der Waals surface area contributed by atoms with Crippen LogP contribution in [0.5, 0.6) is 5.75 Å². The summed E-state index contributed by atoms with van der Waals surface area (Å²) in [7, 11) is 1.63. The molecule has 0 radical (unpaired) electrons. The number of oxazole rings is 1. The zero-order chi connectivity index (χ0) is 12.3. The van der Waals surface area contributed by atoms with Gasteiger partial charge in [0.25, 0.3) is 0 Å². The molecular formula is C13H16N2O2. The third-order valence-electron chi connectivity index (χ3n) is 2.70. The summed E-state index contributed by atoms with van der Waals surface area (Å²) in [5.74, 6) is 2.29. The van der Waals surface area contributed by atoms with Crippen molar-refractivity contribution in [1.29, 1.82) is 0 Å². The maximum absolute atomic E-state index is 5.69. The Labute approximate surface area is 100 Å². The Balaban J connectivity index is 2.37. The predicted molar refractivity (Wildman–Crippen MR) is 66.0 cm³/mol. The van der Waals surface area contributed by atoms with Gasteiger partial charge in [0.1, 0.15) is 11.5 Å². The van der Waals surface area contributed by atoms with Crippen LogP contribution in [0.2, 0.25) is 0 Å². The first-order chi connectivity index (χ1) is 8.26. The molecule has 0 bridgehead atoms. The van der Waals surface area contributed by atoms with Gasteiger partial charge in [-0.3, -0.25) is 0 Å². The Bertz CT molecular complexity index is 494. The lowest BCUT2D eigenvalue weighted by atomic mass is 10.1. The van der Waals surface area contributed by atoms with Gasteiger partial charge in [-0.2, -0.15) is 0 Å². The van der Waals surface area contributed by atoms with E-state index in [-0.39, 0.29) is 5.92 Å². The second-order valence-electron chi connectivity index (χ2n) is 3.90. The Hall–Kier alpha value is -1.81. The zero-order valence-corrected chi connectivity index (χ0v) is 10.0. The van der Waals surface area contributed by atoms with E-state index in [1.54, 1.807) is 13.3 Å². The minimum atomic E-state index is 0.172. The van der Waals surface area contributed by atoms with Crippen molar-refractivity contribution in [2.75, 3.05) is 13.7 Å². The SMILES string of the molecule is COc1ccccc1-c1ncc(C(C)CN)o1. The predicted octanol–water partition coefficient (Wildman–Crippen LogP) is 2.41. The molecule has 0 aliphatic carbocycles. The fourth-order valence-corrected chi connectivity index (χ4v) is 1.58. The van der Waals surface area contributed by atoms with Gasteiger partial charge in [-0.25, -0.2) is 4.98 Å². The topological polar surface area (TPSA) is 61.3 Å². The molecule has 0 amide bonds. The number of methoxy groups -OCH3 is 1. The van der Waals surface area contributed by atoms with Crippen molar-refractivity contribution in [3.05, 3.63) is 36.2 Å². The molecule has 1 unspecified atom stereocenters. The fraction of sp³-hybridized carbons (Fsp3) is 0.308. The summed E-state index contributed by atoms with van der Waals surface area (Å²) in [6.07, 6.45) is 1.72. The highest BCUT2D eigenvalue weighted by Crippen LogP contribution is 2.30. The number of benzene rings is 1. The first-order valence-electron chi connectivity index (χ1n) is 5.55. The second kappa shape index (κ2) is 5.01. The van der Waals surface area contributed by atoms with Crippen molar-refractivity contribution < 1.29 is 9.15 Å². The summed E-state index contributed by atoms with van der Waals surface area (Å²) >= 11 is 0. The number of nitrogens with two attached hydrogens (primary N) is 1. The number of hydrogen-bond acceptors (Lipinski definition) is 4. The summed E-state index contributed by atoms with van der Waals surface area (Å²) in [6, 6.07) is 7.63. The molecule has 0 aliphatic rings. The summed E-state index contributed by atoms with van der Waals surface area (Å²) in [5, 5.41) is 0. The van der Waals surface area contributed by atoms with E-state index in [4.69, 9.17) is 14.9 Å². The molecule has 0 saturated carbocycles. The zero-order valence-electron chi connectivity index (χ0n) is 10.0. The largest absolute Gasteiger partial charge is 0.496 e. The van der Waals surface area contributed by atoms with E-state index in [0.29, 0.717) is 12.4 Å². The molecule has 0 aliphatic heterocycles. The minimum absolute atomic E-state index is 0.172. The number of rotatable bonds is 4. The first-order valence-corrected chi connectivity index (χ1v) is 5.55. The molecule has 90 valence electrons. The first kappa shape index (κ1) is 11.7. The standard InChI is InChI=1S/C13H16N2O2/c1-9(7-14)12-8-15-13(17-12)10-5-3-4-6-11(10)16-2/h3-6,8-9H,7,14H2,1-2H3. The van der Waals surface area contributed by atoms with Crippen LogP contribution in [0.15, 0.2) is 34.9 Å². The molecule has 0 saturated heterocycles. The summed E-state index contributed by atoms with van der Waals surface area (Å²) in [6.45, 7) is 2.55. The summed E-state index contributed by atoms with van der Waals surface area (Å²) in [4.78, 5) is 4.26. The molecule has 2 aromatic rings. The summed E-state index contributed by atoms with van der Waals surface area (Å²) in [5.41, 5.74) is 6.45. The fourth-order valence-electron chi connectivity index (χ4n) is 1.58. The highest BCUT2D eigenvalue weighted by molar-refractivity contribution is 5.62. The van der Waals surface area contributed by atoms with Gasteiger partial charge in [0.05, 0.1) is 18.9 Å². The lowest BCUT2D eigenvalue weighted by Crippen LogP contribution is -2.07. The van der Waals surface area contributed by atoms with E-state index in [1.165, 1.54) is 0 Å². The average molecular weight is 232 g/mol. The number of aromatic nitrogens is 1. The maximum Gasteiger partial charge on any atom is 0.230 e. The molecule has 2 N–H and O–H groups in total. The summed E-state index contributed by atoms with van der Waals surface area (Å²) < 4.78 is 11.0. The number of hydrogen-bond donors (Lipinski definition) is 1. The molecule has 1 aromatic heterocycles. The van der Waals surface area contributed by atoms with Gasteiger partial charge in [-0.05, 0) is 12.1 Å². The van der Waals surface area contributed by atoms with Gasteiger partial charge in [-0.15, -0.1) is 0 Å². The van der Waals surface area contributed by atoms with E-state index in [0.717, 1.165) is 17.1 Å². The van der Waals surface area contributed by atoms with E-state index in [1.807, 2.05) is 31.2 Å². The lowest BCUT2D eigenvalue weighted by molar-refractivity contribution is 0.413. The van der Waals surface area contributed by atoms with Crippen LogP contribution in [0.25, 0.3) is 11.5 Å². The quantitative estimate of drug-likeness (QED) is 0.879. The van der Waals surface area contributed by atoms with E-state index < -0.39 is 0 Å². The molecule has 2 rings (SSSR count). The van der Waals surface area contributed by atoms with Crippen molar-refractivity contribution in [2.24, 2.45) is 5.73 Å². The van der Waals surface area contributed by atoms with Crippen LogP contribution in [-0.4, -0.2) is 18.6 Å². The van der Waals surface area contributed by atoms with E-state index >= 15 is 0 Å². The molecule has 4 heteroatoms. The van der Waals surface area contributed by atoms with Gasteiger partial charge in [0.2, 0.25) is 5.89 Å². The van der Waals surface area contributed by atoms with Crippen LogP contribution in [0.3, 0.4) is 0 Å². The molecule has 4 nitrogen and oxygen atoms in total. The van der Waals surface area contributed by atoms with Gasteiger partial charge >= 0.3 is 0 Å². The van der Waals surface area contributed by atoms with Gasteiger partial charge in [-0.1, -0.05) is 19.1 Å². The van der Waals surface area contributed by atoms with Crippen molar-refractivity contribution in [1.82, 2.24) is 4.98 Å². The highest BCUT2D eigenvalue weighted by Gasteiger charge is 2.14. The van der Waals surface area contributed by atoms with E-state index in [9.17, 15) is 0 Å². The van der Waals surface area contributed by atoms with Crippen molar-refractivity contribution >= 4 is 0 Å². The second-order valence-corrected chi connectivity index (χ2v) is 3.90. The Morgan fingerprint density at radius 1 is 1.41 bits per heavy atom. The maximum atomic E-state index is 5.69. The Kier molecular flexibility index (Phi) is 3.44. The molecule has 0 fully saturated rings. The smallest absolute Gasteiger partial charge is 0.230 e. The van der Waals surface area contributed by atoms with Crippen LogP contribution < -0.4 is 10.5 Å². The molecule has 17 heavy (non-hydrogen) atoms. The van der Waals surface area contributed by atoms with Crippen molar-refractivity contribution in [3.63, 3.8) is 0 Å². The number of ether oxygens (including phenoxy) is 1. The Morgan fingerprint density at radius 3 is 2.88 bits per heavy atom. The van der Waals surface area contributed by atoms with E-state index in [2.05, 4.69) is 4.98 Å². The average Bonchev–Trinajstić information content (AvgIpc) is 2.87. The number of para-hydroxylation sites is 1. The molecular weight excluding hydrogens is 216 g/mol. The van der Waals surface area contributed by atoms with Crippen LogP contribution >= 0.6 is 0 Å². The minimum Gasteiger partial charge on any atom is -0.496 e. The molecule has 0 spiro atoms. The van der Waals surface area contributed by atoms with Crippen LogP contribution in [0.4, 0.5) is 0 Å². The molecule has 1 aromatic carbocycles. The van der Waals surface area contributed by atoms with Crippen molar-refractivity contribution in [3.8, 4) is 17.2 Å². The third kappa shape index (κ3) is 2.31. The van der Waals surface area contributed by atoms with Gasteiger partial charge in [0.15, 0.2) is 0 Å². The lowest BCUT2D eigenvalue weighted by Gasteiger charge is -2.05. The van der Waals surface area contributed by atoms with Crippen LogP contribution in [0, 0.1) is 0 Å². The Morgan fingerprint density at radius 2 is 2.18 bits per heavy atom. The molecule has 1 atom stereocenters.